The van der Waals surface area contributed by atoms with Crippen molar-refractivity contribution in [3.8, 4) is 0 Å². The van der Waals surface area contributed by atoms with Crippen molar-refractivity contribution in [2.75, 3.05) is 5.33 Å². The molecule has 1 unspecified atom stereocenters. The van der Waals surface area contributed by atoms with Crippen LogP contribution >= 0.6 is 39.3 Å². The van der Waals surface area contributed by atoms with E-state index in [-0.39, 0.29) is 16.5 Å². The molecule has 2 atom stereocenters. The third-order valence-corrected chi connectivity index (χ3v) is 4.86. The van der Waals surface area contributed by atoms with Gasteiger partial charge in [0.2, 0.25) is 5.91 Å². The van der Waals surface area contributed by atoms with Crippen molar-refractivity contribution in [3.63, 3.8) is 0 Å². The fraction of sp³-hybridized carbons (Fsp3) is 0.500. The lowest BCUT2D eigenvalue weighted by Gasteiger charge is -2.44. The zero-order valence-electron chi connectivity index (χ0n) is 7.07. The monoisotopic (exact) mass is 295 g/mol. The van der Waals surface area contributed by atoms with Gasteiger partial charge in [0.25, 0.3) is 5.24 Å². The van der Waals surface area contributed by atoms with Crippen LogP contribution in [-0.4, -0.2) is 32.0 Å². The normalized spacial score (nSPS) is 30.6. The number of allylic oxidation sites excluding steroid dienone is 1. The lowest BCUT2D eigenvalue weighted by atomic mass is 10.1. The number of nitrogens with zero attached hydrogens (tertiary/aromatic N) is 1. The number of alkyl halides is 1. The van der Waals surface area contributed by atoms with Gasteiger partial charge in [0, 0.05) is 10.6 Å². The van der Waals surface area contributed by atoms with E-state index in [1.807, 2.05) is 0 Å². The first-order chi connectivity index (χ1) is 6.63. The highest BCUT2D eigenvalue weighted by Gasteiger charge is 2.44. The lowest BCUT2D eigenvalue weighted by molar-refractivity contribution is -0.140. The van der Waals surface area contributed by atoms with E-state index in [9.17, 15) is 9.59 Å². The van der Waals surface area contributed by atoms with Crippen molar-refractivity contribution in [1.82, 2.24) is 4.90 Å². The highest BCUT2D eigenvalue weighted by Crippen LogP contribution is 2.41. The van der Waals surface area contributed by atoms with Gasteiger partial charge in [-0.1, -0.05) is 15.9 Å². The molecule has 3 nitrogen and oxygen atoms in total. The Kier molecular flexibility index (Phi) is 2.91. The quantitative estimate of drug-likeness (QED) is 0.442. The number of hydrogen-bond acceptors (Lipinski definition) is 3. The van der Waals surface area contributed by atoms with E-state index in [1.165, 1.54) is 4.90 Å². The van der Waals surface area contributed by atoms with Crippen LogP contribution in [0.1, 0.15) is 6.42 Å². The molecule has 2 aliphatic rings. The number of fused-ring (bicyclic) bond motifs is 1. The van der Waals surface area contributed by atoms with Gasteiger partial charge in [-0.25, -0.2) is 0 Å². The van der Waals surface area contributed by atoms with E-state index >= 15 is 0 Å². The number of rotatable bonds is 2. The molecule has 0 aromatic heterocycles. The van der Waals surface area contributed by atoms with Crippen LogP contribution in [0.15, 0.2) is 11.8 Å². The van der Waals surface area contributed by atoms with Gasteiger partial charge in [-0.15, -0.1) is 11.8 Å². The topological polar surface area (TPSA) is 37.4 Å². The Balaban J connectivity index is 2.27. The Morgan fingerprint density at radius 2 is 2.50 bits per heavy atom. The molecular formula is C8H7BrClNO2S. The molecular weight excluding hydrogens is 290 g/mol. The van der Waals surface area contributed by atoms with Gasteiger partial charge in [-0.2, -0.15) is 0 Å². The summed E-state index contributed by atoms with van der Waals surface area (Å²) in [6.07, 6.45) is 2.26. The smallest absolute Gasteiger partial charge is 0.268 e. The molecule has 0 spiro atoms. The molecule has 14 heavy (non-hydrogen) atoms. The van der Waals surface area contributed by atoms with Gasteiger partial charge in [-0.3, -0.25) is 14.5 Å². The average Bonchev–Trinajstić information content (AvgIpc) is 2.14. The predicted molar refractivity (Wildman–Crippen MR) is 59.4 cm³/mol. The van der Waals surface area contributed by atoms with Crippen LogP contribution in [0.2, 0.25) is 0 Å². The van der Waals surface area contributed by atoms with Crippen molar-refractivity contribution in [3.05, 3.63) is 11.8 Å². The third-order valence-electron chi connectivity index (χ3n) is 2.19. The summed E-state index contributed by atoms with van der Waals surface area (Å²) in [6, 6.07) is 0. The van der Waals surface area contributed by atoms with E-state index < -0.39 is 5.24 Å². The Morgan fingerprint density at radius 3 is 3.00 bits per heavy atom. The molecule has 0 bridgehead atoms. The Hall–Kier alpha value is -0.000000000000000111. The second kappa shape index (κ2) is 3.87. The summed E-state index contributed by atoms with van der Waals surface area (Å²) in [5.74, 6) is -0.0178. The summed E-state index contributed by atoms with van der Waals surface area (Å²) >= 11 is 10.4. The Bertz CT molecular complexity index is 333. The molecule has 2 aliphatic heterocycles. The van der Waals surface area contributed by atoms with Crippen LogP contribution in [0, 0.1) is 0 Å². The van der Waals surface area contributed by atoms with Crippen molar-refractivity contribution < 1.29 is 9.59 Å². The first-order valence-electron chi connectivity index (χ1n) is 4.08. The molecule has 0 saturated carbocycles. The molecule has 0 aromatic rings. The second-order valence-corrected chi connectivity index (χ2v) is 5.49. The summed E-state index contributed by atoms with van der Waals surface area (Å²) in [7, 11) is 0. The van der Waals surface area contributed by atoms with Crippen LogP contribution < -0.4 is 0 Å². The number of thioether (sulfide) groups is 1. The van der Waals surface area contributed by atoms with Crippen LogP contribution in [-0.2, 0) is 9.59 Å². The average molecular weight is 297 g/mol. The Labute approximate surface area is 99.0 Å². The minimum Gasteiger partial charge on any atom is -0.295 e. The van der Waals surface area contributed by atoms with Crippen LogP contribution in [0.25, 0.3) is 0 Å². The molecule has 1 amide bonds. The van der Waals surface area contributed by atoms with Crippen molar-refractivity contribution in [2.24, 2.45) is 0 Å². The van der Waals surface area contributed by atoms with Crippen molar-refractivity contribution in [1.29, 1.82) is 0 Å². The molecule has 6 heteroatoms. The van der Waals surface area contributed by atoms with Crippen molar-refractivity contribution >= 4 is 50.4 Å². The standard InChI is InChI=1S/C8H7BrClNO2S/c9-3-4-1-5(8(10)13)11-6(12)2-7(11)14-4/h1,4,7H,2-3H2/t4?,7-/m1/s1. The van der Waals surface area contributed by atoms with E-state index in [1.54, 1.807) is 17.8 Å². The number of β-lactam (4-membered cyclic amide) rings is 1. The van der Waals surface area contributed by atoms with Gasteiger partial charge in [-0.05, 0) is 17.7 Å². The predicted octanol–water partition coefficient (Wildman–Crippen LogP) is 1.70. The summed E-state index contributed by atoms with van der Waals surface area (Å²) in [4.78, 5) is 23.8. The SMILES string of the molecule is O=C(Cl)C1=CC(CBr)S[C@@H]2CC(=O)N12. The molecule has 2 rings (SSSR count). The van der Waals surface area contributed by atoms with Crippen LogP contribution in [0.4, 0.5) is 0 Å². The highest BCUT2D eigenvalue weighted by molar-refractivity contribution is 9.09. The number of halogens is 2. The number of hydrogen-bond donors (Lipinski definition) is 0. The summed E-state index contributed by atoms with van der Waals surface area (Å²) in [6.45, 7) is 0. The highest BCUT2D eigenvalue weighted by atomic mass is 79.9. The maximum Gasteiger partial charge on any atom is 0.268 e. The van der Waals surface area contributed by atoms with E-state index in [0.717, 1.165) is 5.33 Å². The second-order valence-electron chi connectivity index (χ2n) is 3.08. The molecule has 0 radical (unpaired) electrons. The molecule has 0 N–H and O–H groups in total. The zero-order valence-corrected chi connectivity index (χ0v) is 10.2. The summed E-state index contributed by atoms with van der Waals surface area (Å²) in [5.41, 5.74) is 0.344. The van der Waals surface area contributed by atoms with Gasteiger partial charge < -0.3 is 0 Å². The molecule has 1 fully saturated rings. The van der Waals surface area contributed by atoms with E-state index in [0.29, 0.717) is 12.1 Å². The third kappa shape index (κ3) is 1.61. The Morgan fingerprint density at radius 1 is 1.79 bits per heavy atom. The molecule has 0 aromatic carbocycles. The van der Waals surface area contributed by atoms with Crippen LogP contribution in [0.3, 0.4) is 0 Å². The number of carbonyl (C=O) groups is 2. The number of amides is 1. The summed E-state index contributed by atoms with van der Waals surface area (Å²) < 4.78 is 0. The fourth-order valence-corrected chi connectivity index (χ4v) is 3.60. The van der Waals surface area contributed by atoms with E-state index in [4.69, 9.17) is 11.6 Å². The maximum absolute atomic E-state index is 11.2. The number of carbonyl (C=O) groups excluding carboxylic acids is 2. The molecule has 1 saturated heterocycles. The molecule has 2 heterocycles. The minimum absolute atomic E-state index is 0.0178. The fourth-order valence-electron chi connectivity index (χ4n) is 1.52. The van der Waals surface area contributed by atoms with E-state index in [2.05, 4.69) is 15.9 Å². The first kappa shape index (κ1) is 10.5. The molecule has 76 valence electrons. The van der Waals surface area contributed by atoms with Gasteiger partial charge in [0.05, 0.1) is 11.8 Å². The largest absolute Gasteiger partial charge is 0.295 e. The van der Waals surface area contributed by atoms with Crippen LogP contribution in [0.5, 0.6) is 0 Å². The maximum atomic E-state index is 11.2. The van der Waals surface area contributed by atoms with Gasteiger partial charge in [0.1, 0.15) is 5.70 Å². The lowest BCUT2D eigenvalue weighted by Crippen LogP contribution is -2.53. The first-order valence-corrected chi connectivity index (χ1v) is 6.53. The minimum atomic E-state index is -0.547. The summed E-state index contributed by atoms with van der Waals surface area (Å²) in [5, 5.41) is 0.549. The molecule has 0 aliphatic carbocycles. The zero-order chi connectivity index (χ0) is 10.3. The van der Waals surface area contributed by atoms with Gasteiger partial charge >= 0.3 is 0 Å². The van der Waals surface area contributed by atoms with Crippen molar-refractivity contribution in [2.45, 2.75) is 17.0 Å². The van der Waals surface area contributed by atoms with Gasteiger partial charge in [0.15, 0.2) is 0 Å².